The van der Waals surface area contributed by atoms with Gasteiger partial charge in [0, 0.05) is 19.6 Å². The van der Waals surface area contributed by atoms with E-state index in [1.54, 1.807) is 0 Å². The first-order valence-corrected chi connectivity index (χ1v) is 8.37. The zero-order valence-corrected chi connectivity index (χ0v) is 12.8. The predicted octanol–water partition coefficient (Wildman–Crippen LogP) is 2.76. The molecule has 0 aromatic carbocycles. The van der Waals surface area contributed by atoms with Crippen LogP contribution >= 0.6 is 0 Å². The molecule has 1 saturated carbocycles. The first-order chi connectivity index (χ1) is 9.66. The average Bonchev–Trinajstić information content (AvgIpc) is 2.96. The van der Waals surface area contributed by atoms with E-state index in [0.29, 0.717) is 5.92 Å². The van der Waals surface area contributed by atoms with Crippen LogP contribution in [-0.4, -0.2) is 41.8 Å². The molecule has 0 spiro atoms. The van der Waals surface area contributed by atoms with E-state index < -0.39 is 0 Å². The molecule has 1 atom stereocenters. The summed E-state index contributed by atoms with van der Waals surface area (Å²) in [6, 6.07) is 0.0838. The lowest BCUT2D eigenvalue weighted by atomic mass is 9.92. The molecule has 1 heterocycles. The lowest BCUT2D eigenvalue weighted by Crippen LogP contribution is -2.46. The summed E-state index contributed by atoms with van der Waals surface area (Å²) in [5, 5.41) is 12.6. The summed E-state index contributed by atoms with van der Waals surface area (Å²) in [7, 11) is 0. The van der Waals surface area contributed by atoms with Gasteiger partial charge in [0.15, 0.2) is 0 Å². The van der Waals surface area contributed by atoms with E-state index in [4.69, 9.17) is 0 Å². The standard InChI is InChI=1S/C16H30N2O2/c1-13(19)15-8-11-18(12-9-15)16(20)17-10-4-7-14-5-2-3-6-14/h13-15,19H,2-12H2,1H3,(H,17,20). The number of hydrogen-bond acceptors (Lipinski definition) is 2. The molecule has 20 heavy (non-hydrogen) atoms. The molecule has 1 aliphatic carbocycles. The van der Waals surface area contributed by atoms with Gasteiger partial charge in [0.25, 0.3) is 0 Å². The fourth-order valence-corrected chi connectivity index (χ4v) is 3.58. The van der Waals surface area contributed by atoms with E-state index in [1.807, 2.05) is 11.8 Å². The summed E-state index contributed by atoms with van der Waals surface area (Å²) in [4.78, 5) is 13.9. The van der Waals surface area contributed by atoms with E-state index in [1.165, 1.54) is 32.1 Å². The first-order valence-electron chi connectivity index (χ1n) is 8.37. The Kier molecular flexibility index (Phi) is 6.14. The highest BCUT2D eigenvalue weighted by molar-refractivity contribution is 5.74. The number of hydrogen-bond donors (Lipinski definition) is 2. The molecule has 4 heteroatoms. The van der Waals surface area contributed by atoms with Crippen molar-refractivity contribution in [3.8, 4) is 0 Å². The second-order valence-electron chi connectivity index (χ2n) is 6.59. The Balaban J connectivity index is 1.56. The van der Waals surface area contributed by atoms with Crippen LogP contribution in [-0.2, 0) is 0 Å². The van der Waals surface area contributed by atoms with Crippen LogP contribution in [0.25, 0.3) is 0 Å². The van der Waals surface area contributed by atoms with Gasteiger partial charge in [-0.05, 0) is 44.4 Å². The van der Waals surface area contributed by atoms with Crippen LogP contribution in [0.4, 0.5) is 4.79 Å². The normalized spacial score (nSPS) is 23.0. The van der Waals surface area contributed by atoms with Crippen molar-refractivity contribution in [3.63, 3.8) is 0 Å². The number of carbonyl (C=O) groups excluding carboxylic acids is 1. The van der Waals surface area contributed by atoms with Gasteiger partial charge in [-0.3, -0.25) is 0 Å². The fraction of sp³-hybridized carbons (Fsp3) is 0.938. The minimum Gasteiger partial charge on any atom is -0.393 e. The van der Waals surface area contributed by atoms with Crippen LogP contribution in [0.5, 0.6) is 0 Å². The molecular weight excluding hydrogens is 252 g/mol. The topological polar surface area (TPSA) is 52.6 Å². The zero-order chi connectivity index (χ0) is 14.4. The molecule has 2 fully saturated rings. The van der Waals surface area contributed by atoms with Gasteiger partial charge in [0.1, 0.15) is 0 Å². The lowest BCUT2D eigenvalue weighted by molar-refractivity contribution is 0.0798. The van der Waals surface area contributed by atoms with Crippen LogP contribution in [0, 0.1) is 11.8 Å². The quantitative estimate of drug-likeness (QED) is 0.762. The van der Waals surface area contributed by atoms with E-state index in [9.17, 15) is 9.90 Å². The van der Waals surface area contributed by atoms with Gasteiger partial charge in [0.05, 0.1) is 6.10 Å². The number of amides is 2. The number of aliphatic hydroxyl groups is 1. The van der Waals surface area contributed by atoms with Crippen molar-refractivity contribution in [1.29, 1.82) is 0 Å². The zero-order valence-electron chi connectivity index (χ0n) is 12.8. The Morgan fingerprint density at radius 2 is 1.90 bits per heavy atom. The smallest absolute Gasteiger partial charge is 0.317 e. The van der Waals surface area contributed by atoms with Crippen LogP contribution in [0.3, 0.4) is 0 Å². The Bertz CT molecular complexity index is 293. The molecule has 0 aromatic rings. The minimum atomic E-state index is -0.244. The van der Waals surface area contributed by atoms with Gasteiger partial charge in [-0.15, -0.1) is 0 Å². The maximum atomic E-state index is 12.0. The number of nitrogens with zero attached hydrogens (tertiary/aromatic N) is 1. The van der Waals surface area contributed by atoms with E-state index >= 15 is 0 Å². The highest BCUT2D eigenvalue weighted by Crippen LogP contribution is 2.28. The van der Waals surface area contributed by atoms with Crippen molar-refractivity contribution >= 4 is 6.03 Å². The van der Waals surface area contributed by atoms with Gasteiger partial charge in [-0.25, -0.2) is 4.79 Å². The second kappa shape index (κ2) is 7.87. The number of urea groups is 1. The third kappa shape index (κ3) is 4.65. The maximum absolute atomic E-state index is 12.0. The molecule has 2 N–H and O–H groups in total. The summed E-state index contributed by atoms with van der Waals surface area (Å²) in [6.45, 7) is 4.23. The molecular formula is C16H30N2O2. The number of aliphatic hydroxyl groups excluding tert-OH is 1. The Morgan fingerprint density at radius 3 is 2.50 bits per heavy atom. The molecule has 2 amide bonds. The van der Waals surface area contributed by atoms with E-state index in [-0.39, 0.29) is 12.1 Å². The molecule has 2 rings (SSSR count). The number of carbonyl (C=O) groups is 1. The van der Waals surface area contributed by atoms with Gasteiger partial charge < -0.3 is 15.3 Å². The van der Waals surface area contributed by atoms with Crippen molar-refractivity contribution < 1.29 is 9.90 Å². The van der Waals surface area contributed by atoms with Crippen molar-refractivity contribution in [2.75, 3.05) is 19.6 Å². The third-order valence-corrected chi connectivity index (χ3v) is 5.05. The van der Waals surface area contributed by atoms with Crippen molar-refractivity contribution in [2.45, 2.75) is 64.4 Å². The van der Waals surface area contributed by atoms with Crippen LogP contribution < -0.4 is 5.32 Å². The maximum Gasteiger partial charge on any atom is 0.317 e. The van der Waals surface area contributed by atoms with Crippen molar-refractivity contribution in [2.24, 2.45) is 11.8 Å². The lowest BCUT2D eigenvalue weighted by Gasteiger charge is -2.33. The molecule has 2 aliphatic rings. The monoisotopic (exact) mass is 282 g/mol. The molecule has 1 aliphatic heterocycles. The summed E-state index contributed by atoms with van der Waals surface area (Å²) in [6.07, 6.45) is 9.56. The summed E-state index contributed by atoms with van der Waals surface area (Å²) in [5.74, 6) is 1.27. The van der Waals surface area contributed by atoms with Crippen molar-refractivity contribution in [1.82, 2.24) is 10.2 Å². The number of nitrogens with one attached hydrogen (secondary N) is 1. The van der Waals surface area contributed by atoms with Gasteiger partial charge in [-0.1, -0.05) is 25.7 Å². The molecule has 1 unspecified atom stereocenters. The molecule has 116 valence electrons. The summed E-state index contributed by atoms with van der Waals surface area (Å²) >= 11 is 0. The van der Waals surface area contributed by atoms with E-state index in [0.717, 1.165) is 44.8 Å². The fourth-order valence-electron chi connectivity index (χ4n) is 3.58. The van der Waals surface area contributed by atoms with Crippen LogP contribution in [0.1, 0.15) is 58.3 Å². The highest BCUT2D eigenvalue weighted by atomic mass is 16.3. The van der Waals surface area contributed by atoms with Gasteiger partial charge >= 0.3 is 6.03 Å². The second-order valence-corrected chi connectivity index (χ2v) is 6.59. The van der Waals surface area contributed by atoms with Gasteiger partial charge in [0.2, 0.25) is 0 Å². The Hall–Kier alpha value is -0.770. The molecule has 1 saturated heterocycles. The summed E-state index contributed by atoms with van der Waals surface area (Å²) in [5.41, 5.74) is 0. The molecule has 0 bridgehead atoms. The van der Waals surface area contributed by atoms with Crippen LogP contribution in [0.15, 0.2) is 0 Å². The highest BCUT2D eigenvalue weighted by Gasteiger charge is 2.25. The van der Waals surface area contributed by atoms with Crippen molar-refractivity contribution in [3.05, 3.63) is 0 Å². The first kappa shape index (κ1) is 15.6. The third-order valence-electron chi connectivity index (χ3n) is 5.05. The Morgan fingerprint density at radius 1 is 1.25 bits per heavy atom. The minimum absolute atomic E-state index is 0.0838. The predicted molar refractivity (Wildman–Crippen MR) is 80.6 cm³/mol. The number of rotatable bonds is 5. The van der Waals surface area contributed by atoms with E-state index in [2.05, 4.69) is 5.32 Å². The molecule has 0 aromatic heterocycles. The number of likely N-dealkylation sites (tertiary alicyclic amines) is 1. The SMILES string of the molecule is CC(O)C1CCN(C(=O)NCCCC2CCCC2)CC1. The molecule has 4 nitrogen and oxygen atoms in total. The van der Waals surface area contributed by atoms with Crippen LogP contribution in [0.2, 0.25) is 0 Å². The Labute approximate surface area is 122 Å². The molecule has 0 radical (unpaired) electrons. The summed E-state index contributed by atoms with van der Waals surface area (Å²) < 4.78 is 0. The van der Waals surface area contributed by atoms with Gasteiger partial charge in [-0.2, -0.15) is 0 Å². The number of piperidine rings is 1. The average molecular weight is 282 g/mol. The largest absolute Gasteiger partial charge is 0.393 e.